The Morgan fingerprint density at radius 2 is 2.23 bits per heavy atom. The number of amides is 1. The molecular weight excluding hydrogens is 368 g/mol. The molecule has 0 aliphatic heterocycles. The van der Waals surface area contributed by atoms with Crippen molar-refractivity contribution < 1.29 is 4.79 Å². The van der Waals surface area contributed by atoms with Gasteiger partial charge in [-0.15, -0.1) is 17.9 Å². The average molecular weight is 391 g/mol. The molecule has 2 aromatic heterocycles. The van der Waals surface area contributed by atoms with Crippen LogP contribution in [0.15, 0.2) is 22.6 Å². The smallest absolute Gasteiger partial charge is 0.263 e. The van der Waals surface area contributed by atoms with E-state index in [0.29, 0.717) is 34.9 Å². The fourth-order valence-corrected chi connectivity index (χ4v) is 4.64. The summed E-state index contributed by atoms with van der Waals surface area (Å²) in [5, 5.41) is 9.41. The summed E-state index contributed by atoms with van der Waals surface area (Å²) in [7, 11) is 1.68. The van der Waals surface area contributed by atoms with E-state index in [0.717, 1.165) is 10.4 Å². The van der Waals surface area contributed by atoms with Gasteiger partial charge in [0, 0.05) is 25.0 Å². The van der Waals surface area contributed by atoms with Crippen LogP contribution in [0.3, 0.4) is 0 Å². The van der Waals surface area contributed by atoms with Gasteiger partial charge in [0.2, 0.25) is 5.91 Å². The van der Waals surface area contributed by atoms with Crippen LogP contribution in [-0.4, -0.2) is 39.2 Å². The maximum absolute atomic E-state index is 12.9. The highest BCUT2D eigenvalue weighted by Gasteiger charge is 2.23. The highest BCUT2D eigenvalue weighted by Crippen LogP contribution is 2.30. The first-order valence-electron chi connectivity index (χ1n) is 8.21. The monoisotopic (exact) mass is 390 g/mol. The zero-order valence-electron chi connectivity index (χ0n) is 15.4. The first kappa shape index (κ1) is 20.2. The van der Waals surface area contributed by atoms with Gasteiger partial charge in [0.1, 0.15) is 4.83 Å². The van der Waals surface area contributed by atoms with E-state index in [2.05, 4.69) is 11.6 Å². The molecule has 26 heavy (non-hydrogen) atoms. The number of carbonyl (C=O) groups is 1. The molecule has 0 unspecified atom stereocenters. The van der Waals surface area contributed by atoms with Gasteiger partial charge in [-0.05, 0) is 26.3 Å². The summed E-state index contributed by atoms with van der Waals surface area (Å²) in [6.45, 7) is 10.1. The van der Waals surface area contributed by atoms with E-state index in [4.69, 9.17) is 5.26 Å². The largest absolute Gasteiger partial charge is 0.344 e. The quantitative estimate of drug-likeness (QED) is 0.412. The summed E-state index contributed by atoms with van der Waals surface area (Å²) in [6, 6.07) is 2.03. The molecule has 0 aliphatic rings. The lowest BCUT2D eigenvalue weighted by atomic mass is 10.2. The highest BCUT2D eigenvalue weighted by atomic mass is 32.2. The molecule has 2 rings (SSSR count). The zero-order chi connectivity index (χ0) is 19.4. The van der Waals surface area contributed by atoms with Crippen molar-refractivity contribution in [3.63, 3.8) is 0 Å². The predicted molar refractivity (Wildman–Crippen MR) is 107 cm³/mol. The summed E-state index contributed by atoms with van der Waals surface area (Å²) in [4.78, 5) is 33.4. The number of fused-ring (bicyclic) bond motifs is 1. The molecule has 2 heterocycles. The summed E-state index contributed by atoms with van der Waals surface area (Å²) in [5.41, 5.74) is 0.856. The average Bonchev–Trinajstić information content (AvgIpc) is 2.89. The van der Waals surface area contributed by atoms with Crippen molar-refractivity contribution in [3.05, 3.63) is 33.4 Å². The van der Waals surface area contributed by atoms with Crippen LogP contribution in [0.2, 0.25) is 0 Å². The molecule has 138 valence electrons. The Hall–Kier alpha value is -2.11. The standard InChI is InChI=1S/C18H22N4O2S2/c1-6-9-22-17(24)14-11(2)12(3)25-15(14)20-18(22)26-13(4)16(23)21(5)10-7-8-19/h6,13H,1,7,9-10H2,2-5H3/t13-/m0/s1. The molecule has 0 fully saturated rings. The van der Waals surface area contributed by atoms with E-state index in [-0.39, 0.29) is 11.5 Å². The fourth-order valence-electron chi connectivity index (χ4n) is 2.54. The number of carbonyl (C=O) groups excluding carboxylic acids is 1. The van der Waals surface area contributed by atoms with E-state index in [1.165, 1.54) is 28.0 Å². The van der Waals surface area contributed by atoms with Crippen molar-refractivity contribution in [1.29, 1.82) is 5.26 Å². The van der Waals surface area contributed by atoms with Gasteiger partial charge in [-0.3, -0.25) is 14.2 Å². The van der Waals surface area contributed by atoms with Gasteiger partial charge < -0.3 is 4.90 Å². The van der Waals surface area contributed by atoms with Gasteiger partial charge in [-0.2, -0.15) is 5.26 Å². The first-order chi connectivity index (χ1) is 12.3. The van der Waals surface area contributed by atoms with Crippen molar-refractivity contribution in [1.82, 2.24) is 14.5 Å². The van der Waals surface area contributed by atoms with Crippen LogP contribution in [0.1, 0.15) is 23.8 Å². The molecular formula is C18H22N4O2S2. The van der Waals surface area contributed by atoms with Gasteiger partial charge in [0.25, 0.3) is 5.56 Å². The number of thioether (sulfide) groups is 1. The fraction of sp³-hybridized carbons (Fsp3) is 0.444. The second-order valence-corrected chi connectivity index (χ2v) is 8.50. The number of rotatable bonds is 7. The number of hydrogen-bond acceptors (Lipinski definition) is 6. The Morgan fingerprint density at radius 3 is 2.85 bits per heavy atom. The second-order valence-electron chi connectivity index (χ2n) is 5.99. The third-order valence-electron chi connectivity index (χ3n) is 4.13. The van der Waals surface area contributed by atoms with Crippen molar-refractivity contribution >= 4 is 39.2 Å². The lowest BCUT2D eigenvalue weighted by Gasteiger charge is -2.20. The Morgan fingerprint density at radius 1 is 1.54 bits per heavy atom. The maximum atomic E-state index is 12.9. The normalized spacial score (nSPS) is 12.0. The minimum absolute atomic E-state index is 0.0942. The summed E-state index contributed by atoms with van der Waals surface area (Å²) < 4.78 is 1.57. The molecule has 1 atom stereocenters. The molecule has 1 amide bonds. The predicted octanol–water partition coefficient (Wildman–Crippen LogP) is 3.11. The number of nitrogens with zero attached hydrogens (tertiary/aromatic N) is 4. The maximum Gasteiger partial charge on any atom is 0.263 e. The van der Waals surface area contributed by atoms with Crippen molar-refractivity contribution in [2.75, 3.05) is 13.6 Å². The zero-order valence-corrected chi connectivity index (χ0v) is 17.0. The molecule has 6 nitrogen and oxygen atoms in total. The molecule has 0 spiro atoms. The summed E-state index contributed by atoms with van der Waals surface area (Å²) in [5.74, 6) is -0.0942. The van der Waals surface area contributed by atoms with E-state index in [9.17, 15) is 9.59 Å². The van der Waals surface area contributed by atoms with Crippen LogP contribution in [0.5, 0.6) is 0 Å². The summed E-state index contributed by atoms with van der Waals surface area (Å²) >= 11 is 2.75. The van der Waals surface area contributed by atoms with Crippen LogP contribution < -0.4 is 5.56 Å². The van der Waals surface area contributed by atoms with Crippen LogP contribution in [-0.2, 0) is 11.3 Å². The second kappa shape index (κ2) is 8.52. The third kappa shape index (κ3) is 4.00. The topological polar surface area (TPSA) is 79.0 Å². The van der Waals surface area contributed by atoms with E-state index in [1.54, 1.807) is 24.6 Å². The van der Waals surface area contributed by atoms with Crippen LogP contribution in [0.4, 0.5) is 0 Å². The number of hydrogen-bond donors (Lipinski definition) is 0. The van der Waals surface area contributed by atoms with Crippen LogP contribution in [0.25, 0.3) is 10.2 Å². The third-order valence-corrected chi connectivity index (χ3v) is 6.31. The lowest BCUT2D eigenvalue weighted by Crippen LogP contribution is -2.34. The van der Waals surface area contributed by atoms with Gasteiger partial charge in [-0.25, -0.2) is 4.98 Å². The molecule has 0 aliphatic carbocycles. The molecule has 0 aromatic carbocycles. The number of nitriles is 1. The minimum atomic E-state index is -0.415. The summed E-state index contributed by atoms with van der Waals surface area (Å²) in [6.07, 6.45) is 1.94. The number of aromatic nitrogens is 2. The molecule has 2 aromatic rings. The Labute approximate surface area is 161 Å². The first-order valence-corrected chi connectivity index (χ1v) is 9.91. The Balaban J connectivity index is 2.41. The molecule has 0 saturated carbocycles. The van der Waals surface area contributed by atoms with Gasteiger partial charge in [-0.1, -0.05) is 17.8 Å². The van der Waals surface area contributed by atoms with Gasteiger partial charge >= 0.3 is 0 Å². The molecule has 0 N–H and O–H groups in total. The van der Waals surface area contributed by atoms with E-state index < -0.39 is 5.25 Å². The highest BCUT2D eigenvalue weighted by molar-refractivity contribution is 8.00. The van der Waals surface area contributed by atoms with Gasteiger partial charge in [0.05, 0.1) is 23.1 Å². The SMILES string of the molecule is C=CCn1c(S[C@@H](C)C(=O)N(C)CCC#N)nc2sc(C)c(C)c2c1=O. The van der Waals surface area contributed by atoms with Crippen molar-refractivity contribution in [3.8, 4) is 6.07 Å². The molecule has 8 heteroatoms. The lowest BCUT2D eigenvalue weighted by molar-refractivity contribution is -0.128. The van der Waals surface area contributed by atoms with Crippen molar-refractivity contribution in [2.24, 2.45) is 0 Å². The Kier molecular flexibility index (Phi) is 6.62. The van der Waals surface area contributed by atoms with E-state index >= 15 is 0 Å². The molecule has 0 saturated heterocycles. The van der Waals surface area contributed by atoms with Crippen LogP contribution in [0, 0.1) is 25.2 Å². The van der Waals surface area contributed by atoms with E-state index in [1.807, 2.05) is 19.9 Å². The number of thiophene rings is 1. The Bertz CT molecular complexity index is 939. The van der Waals surface area contributed by atoms with Crippen molar-refractivity contribution in [2.45, 2.75) is 44.1 Å². The van der Waals surface area contributed by atoms with Crippen LogP contribution >= 0.6 is 23.1 Å². The molecule has 0 bridgehead atoms. The minimum Gasteiger partial charge on any atom is -0.344 e. The molecule has 0 radical (unpaired) electrons. The number of aryl methyl sites for hydroxylation is 2. The number of allylic oxidation sites excluding steroid dienone is 1. The van der Waals surface area contributed by atoms with Gasteiger partial charge in [0.15, 0.2) is 5.16 Å².